The monoisotopic (exact) mass is 326 g/mol. The Kier molecular flexibility index (Phi) is 7.55. The summed E-state index contributed by atoms with van der Waals surface area (Å²) >= 11 is 4.08. The molecule has 0 radical (unpaired) electrons. The third kappa shape index (κ3) is 5.91. The van der Waals surface area contributed by atoms with E-state index in [9.17, 15) is 0 Å². The van der Waals surface area contributed by atoms with Crippen molar-refractivity contribution in [3.8, 4) is 0 Å². The highest BCUT2D eigenvalue weighted by Crippen LogP contribution is 2.32. The number of aryl methyl sites for hydroxylation is 1. The summed E-state index contributed by atoms with van der Waals surface area (Å²) in [7, 11) is 0. The minimum atomic E-state index is 0.543. The van der Waals surface area contributed by atoms with Gasteiger partial charge in [0.05, 0.1) is 5.69 Å². The summed E-state index contributed by atoms with van der Waals surface area (Å²) in [5.74, 6) is 1.12. The minimum absolute atomic E-state index is 0.543. The summed E-state index contributed by atoms with van der Waals surface area (Å²) in [6, 6.07) is 0.543. The first-order chi connectivity index (χ1) is 10.2. The molecule has 0 amide bonds. The van der Waals surface area contributed by atoms with E-state index in [1.165, 1.54) is 54.1 Å². The van der Waals surface area contributed by atoms with Gasteiger partial charge in [-0.05, 0) is 19.3 Å². The van der Waals surface area contributed by atoms with Gasteiger partial charge in [0.15, 0.2) is 0 Å². The number of hydrogen-bond donors (Lipinski definition) is 1. The van der Waals surface area contributed by atoms with Crippen LogP contribution < -0.4 is 5.32 Å². The van der Waals surface area contributed by atoms with Crippen LogP contribution in [0.5, 0.6) is 0 Å². The summed E-state index contributed by atoms with van der Waals surface area (Å²) in [4.78, 5) is 6.38. The molecule has 0 spiro atoms. The summed E-state index contributed by atoms with van der Waals surface area (Å²) < 4.78 is 0. The number of aromatic nitrogens is 1. The Bertz CT molecular complexity index is 409. The first-order valence-electron chi connectivity index (χ1n) is 8.51. The Morgan fingerprint density at radius 1 is 1.29 bits per heavy atom. The lowest BCUT2D eigenvalue weighted by Gasteiger charge is -2.20. The Labute approximate surface area is 138 Å². The molecule has 1 N–H and O–H groups in total. The molecule has 21 heavy (non-hydrogen) atoms. The van der Waals surface area contributed by atoms with Crippen molar-refractivity contribution in [2.75, 3.05) is 0 Å². The fourth-order valence-corrected chi connectivity index (χ4v) is 5.20. The fraction of sp³-hybridized carbons (Fsp3) is 0.824. The van der Waals surface area contributed by atoms with E-state index in [4.69, 9.17) is 4.98 Å². The van der Waals surface area contributed by atoms with Crippen LogP contribution in [0.15, 0.2) is 0 Å². The highest BCUT2D eigenvalue weighted by atomic mass is 32.2. The summed E-state index contributed by atoms with van der Waals surface area (Å²) in [6.45, 7) is 7.65. The van der Waals surface area contributed by atoms with Gasteiger partial charge in [0, 0.05) is 28.5 Å². The standard InChI is InChI=1S/C17H30N2S2/c1-4-8-15-16(11-18-13(2)3)21-17(19-15)12-20-14-9-6-5-7-10-14/h13-14,18H,4-12H2,1-3H3. The average molecular weight is 327 g/mol. The lowest BCUT2D eigenvalue weighted by atomic mass is 10.0. The molecule has 0 atom stereocenters. The normalized spacial score (nSPS) is 16.8. The Balaban J connectivity index is 1.90. The smallest absolute Gasteiger partial charge is 0.103 e. The van der Waals surface area contributed by atoms with Crippen molar-refractivity contribution >= 4 is 23.1 Å². The first kappa shape index (κ1) is 17.3. The average Bonchev–Trinajstić information content (AvgIpc) is 2.87. The maximum absolute atomic E-state index is 4.92. The molecule has 120 valence electrons. The van der Waals surface area contributed by atoms with Crippen LogP contribution in [0.25, 0.3) is 0 Å². The molecule has 4 heteroatoms. The molecule has 2 nitrogen and oxygen atoms in total. The van der Waals surface area contributed by atoms with Crippen molar-refractivity contribution in [1.82, 2.24) is 10.3 Å². The van der Waals surface area contributed by atoms with Crippen molar-refractivity contribution in [2.45, 2.75) is 89.3 Å². The minimum Gasteiger partial charge on any atom is -0.310 e. The second-order valence-corrected chi connectivity index (χ2v) is 8.79. The largest absolute Gasteiger partial charge is 0.310 e. The molecule has 0 aromatic carbocycles. The van der Waals surface area contributed by atoms with E-state index in [-0.39, 0.29) is 0 Å². The first-order valence-corrected chi connectivity index (χ1v) is 10.4. The fourth-order valence-electron chi connectivity index (χ4n) is 2.79. The van der Waals surface area contributed by atoms with E-state index >= 15 is 0 Å². The molecule has 1 aliphatic rings. The SMILES string of the molecule is CCCc1nc(CSC2CCCCC2)sc1CNC(C)C. The lowest BCUT2D eigenvalue weighted by Crippen LogP contribution is -2.21. The van der Waals surface area contributed by atoms with Gasteiger partial charge in [0.1, 0.15) is 5.01 Å². The van der Waals surface area contributed by atoms with Gasteiger partial charge in [-0.2, -0.15) is 11.8 Å². The Morgan fingerprint density at radius 3 is 2.71 bits per heavy atom. The maximum Gasteiger partial charge on any atom is 0.103 e. The second kappa shape index (κ2) is 9.16. The second-order valence-electron chi connectivity index (χ2n) is 6.33. The predicted molar refractivity (Wildman–Crippen MR) is 96.3 cm³/mol. The van der Waals surface area contributed by atoms with Crippen molar-refractivity contribution in [3.63, 3.8) is 0 Å². The topological polar surface area (TPSA) is 24.9 Å². The van der Waals surface area contributed by atoms with Gasteiger partial charge < -0.3 is 5.32 Å². The third-order valence-corrected chi connectivity index (χ3v) is 6.64. The number of thiazole rings is 1. The van der Waals surface area contributed by atoms with Crippen molar-refractivity contribution in [1.29, 1.82) is 0 Å². The van der Waals surface area contributed by atoms with E-state index in [0.29, 0.717) is 6.04 Å². The summed E-state index contributed by atoms with van der Waals surface area (Å²) in [5.41, 5.74) is 1.34. The van der Waals surface area contributed by atoms with Crippen LogP contribution in [0, 0.1) is 0 Å². The van der Waals surface area contributed by atoms with Gasteiger partial charge in [-0.1, -0.05) is 46.5 Å². The molecule has 0 bridgehead atoms. The van der Waals surface area contributed by atoms with Crippen LogP contribution in [-0.2, 0) is 18.7 Å². The van der Waals surface area contributed by atoms with Crippen LogP contribution in [0.1, 0.15) is 74.9 Å². The third-order valence-electron chi connectivity index (χ3n) is 3.97. The molecule has 0 aliphatic heterocycles. The number of nitrogens with one attached hydrogen (secondary N) is 1. The van der Waals surface area contributed by atoms with Gasteiger partial charge in [-0.3, -0.25) is 0 Å². The summed E-state index contributed by atoms with van der Waals surface area (Å²) in [6.07, 6.45) is 9.45. The molecular formula is C17H30N2S2. The van der Waals surface area contributed by atoms with E-state index in [1.54, 1.807) is 0 Å². The van der Waals surface area contributed by atoms with Gasteiger partial charge >= 0.3 is 0 Å². The van der Waals surface area contributed by atoms with Gasteiger partial charge in [-0.15, -0.1) is 11.3 Å². The molecular weight excluding hydrogens is 296 g/mol. The lowest BCUT2D eigenvalue weighted by molar-refractivity contribution is 0.516. The molecule has 1 saturated carbocycles. The number of nitrogens with zero attached hydrogens (tertiary/aromatic N) is 1. The van der Waals surface area contributed by atoms with Crippen LogP contribution in [0.4, 0.5) is 0 Å². The highest BCUT2D eigenvalue weighted by Gasteiger charge is 2.16. The van der Waals surface area contributed by atoms with Crippen LogP contribution in [0.3, 0.4) is 0 Å². The molecule has 2 rings (SSSR count). The Morgan fingerprint density at radius 2 is 2.05 bits per heavy atom. The maximum atomic E-state index is 4.92. The zero-order valence-corrected chi connectivity index (χ0v) is 15.4. The van der Waals surface area contributed by atoms with Crippen molar-refractivity contribution < 1.29 is 0 Å². The quantitative estimate of drug-likeness (QED) is 0.714. The van der Waals surface area contributed by atoms with E-state index in [0.717, 1.165) is 24.0 Å². The van der Waals surface area contributed by atoms with Crippen molar-refractivity contribution in [3.05, 3.63) is 15.6 Å². The van der Waals surface area contributed by atoms with Gasteiger partial charge in [0.25, 0.3) is 0 Å². The summed E-state index contributed by atoms with van der Waals surface area (Å²) in [5, 5.41) is 5.77. The van der Waals surface area contributed by atoms with Crippen molar-refractivity contribution in [2.24, 2.45) is 0 Å². The molecule has 1 heterocycles. The zero-order chi connectivity index (χ0) is 15.1. The molecule has 1 aliphatic carbocycles. The van der Waals surface area contributed by atoms with E-state index in [1.807, 2.05) is 11.3 Å². The molecule has 0 saturated heterocycles. The van der Waals surface area contributed by atoms with Gasteiger partial charge in [0.2, 0.25) is 0 Å². The van der Waals surface area contributed by atoms with E-state index < -0.39 is 0 Å². The molecule has 1 fully saturated rings. The Hall–Kier alpha value is -0.0600. The van der Waals surface area contributed by atoms with Crippen LogP contribution in [-0.4, -0.2) is 16.3 Å². The van der Waals surface area contributed by atoms with Crippen LogP contribution in [0.2, 0.25) is 0 Å². The molecule has 1 aromatic heterocycles. The highest BCUT2D eigenvalue weighted by molar-refractivity contribution is 7.99. The number of rotatable bonds is 8. The number of thioether (sulfide) groups is 1. The molecule has 1 aromatic rings. The van der Waals surface area contributed by atoms with Gasteiger partial charge in [-0.25, -0.2) is 4.98 Å². The predicted octanol–water partition coefficient (Wildman–Crippen LogP) is 5.16. The zero-order valence-electron chi connectivity index (χ0n) is 13.8. The molecule has 0 unspecified atom stereocenters. The van der Waals surface area contributed by atoms with Crippen LogP contribution >= 0.6 is 23.1 Å². The number of hydrogen-bond acceptors (Lipinski definition) is 4. The van der Waals surface area contributed by atoms with E-state index in [2.05, 4.69) is 37.8 Å².